The number of nitrogens with zero attached hydrogens (tertiary/aromatic N) is 2. The van der Waals surface area contributed by atoms with Crippen LogP contribution in [-0.4, -0.2) is 34.8 Å². The highest BCUT2D eigenvalue weighted by atomic mass is 35.5. The number of amides is 3. The highest BCUT2D eigenvalue weighted by Gasteiger charge is 2.08. The average Bonchev–Trinajstić information content (AvgIpc) is 3.14. The van der Waals surface area contributed by atoms with Crippen LogP contribution in [0, 0.1) is 0 Å². The molecule has 7 nitrogen and oxygen atoms in total. The lowest BCUT2D eigenvalue weighted by Crippen LogP contribution is -2.36. The number of nitrogens with one attached hydrogen (secondary N) is 3. The molecule has 3 amide bonds. The van der Waals surface area contributed by atoms with E-state index in [0.29, 0.717) is 28.0 Å². The van der Waals surface area contributed by atoms with E-state index in [1.165, 1.54) is 6.07 Å². The van der Waals surface area contributed by atoms with Crippen molar-refractivity contribution < 1.29 is 9.59 Å². The fourth-order valence-corrected chi connectivity index (χ4v) is 2.84. The van der Waals surface area contributed by atoms with Gasteiger partial charge in [0.2, 0.25) is 0 Å². The minimum atomic E-state index is -0.404. The molecule has 0 saturated carbocycles. The van der Waals surface area contributed by atoms with E-state index in [2.05, 4.69) is 21.0 Å². The monoisotopic (exact) mass is 431 g/mol. The number of hydrogen-bond donors (Lipinski definition) is 3. The Balaban J connectivity index is 1.39. The largest absolute Gasteiger partial charge is 0.350 e. The number of rotatable bonds is 7. The first-order valence-electron chi connectivity index (χ1n) is 8.87. The topological polar surface area (TPSA) is 88.0 Å². The van der Waals surface area contributed by atoms with Gasteiger partial charge in [-0.25, -0.2) is 4.79 Å². The summed E-state index contributed by atoms with van der Waals surface area (Å²) in [5.41, 5.74) is 1.51. The lowest BCUT2D eigenvalue weighted by atomic mass is 10.2. The van der Waals surface area contributed by atoms with Gasteiger partial charge < -0.3 is 10.6 Å². The Morgan fingerprint density at radius 2 is 1.69 bits per heavy atom. The Bertz CT molecular complexity index is 992. The van der Waals surface area contributed by atoms with Gasteiger partial charge in [0.25, 0.3) is 5.91 Å². The van der Waals surface area contributed by atoms with Gasteiger partial charge in [-0.05, 0) is 23.8 Å². The second kappa shape index (κ2) is 9.95. The Labute approximate surface area is 178 Å². The molecule has 2 aromatic carbocycles. The highest BCUT2D eigenvalue weighted by molar-refractivity contribution is 6.42. The number of aromatic nitrogens is 2. The van der Waals surface area contributed by atoms with Crippen LogP contribution in [-0.2, 0) is 6.54 Å². The van der Waals surface area contributed by atoms with Crippen LogP contribution < -0.4 is 16.0 Å². The molecule has 1 aromatic heterocycles. The van der Waals surface area contributed by atoms with Crippen molar-refractivity contribution in [2.24, 2.45) is 0 Å². The highest BCUT2D eigenvalue weighted by Crippen LogP contribution is 2.22. The lowest BCUT2D eigenvalue weighted by molar-refractivity contribution is 0.0954. The van der Waals surface area contributed by atoms with Crippen LogP contribution in [0.2, 0.25) is 10.0 Å². The Morgan fingerprint density at radius 1 is 0.931 bits per heavy atom. The van der Waals surface area contributed by atoms with Gasteiger partial charge in [0.05, 0.1) is 16.6 Å². The Morgan fingerprint density at radius 3 is 2.45 bits per heavy atom. The van der Waals surface area contributed by atoms with E-state index in [-0.39, 0.29) is 19.0 Å². The number of halogens is 2. The van der Waals surface area contributed by atoms with Crippen LogP contribution in [0.15, 0.2) is 60.8 Å². The fourth-order valence-electron chi connectivity index (χ4n) is 2.54. The third kappa shape index (κ3) is 6.23. The van der Waals surface area contributed by atoms with E-state index in [1.807, 2.05) is 30.3 Å². The van der Waals surface area contributed by atoms with Crippen LogP contribution in [0.1, 0.15) is 15.9 Å². The maximum Gasteiger partial charge on any atom is 0.320 e. The van der Waals surface area contributed by atoms with Gasteiger partial charge in [0.1, 0.15) is 0 Å². The van der Waals surface area contributed by atoms with E-state index in [0.717, 1.165) is 5.56 Å². The van der Waals surface area contributed by atoms with E-state index in [1.54, 1.807) is 29.1 Å². The standard InChI is InChI=1S/C20H19Cl2N5O2/c21-16-7-6-15(12-17(16)22)19(28)23-9-10-24-20(29)25-18-8-11-27(26-18)13-14-4-2-1-3-5-14/h1-8,11-12H,9-10,13H2,(H,23,28)(H2,24,25,26,29). The molecule has 9 heteroatoms. The minimum absolute atomic E-state index is 0.254. The molecule has 0 unspecified atom stereocenters. The predicted molar refractivity (Wildman–Crippen MR) is 114 cm³/mol. The van der Waals surface area contributed by atoms with Crippen molar-refractivity contribution in [2.75, 3.05) is 18.4 Å². The molecule has 0 fully saturated rings. The maximum atomic E-state index is 12.0. The van der Waals surface area contributed by atoms with Crippen molar-refractivity contribution in [3.05, 3.63) is 82.0 Å². The van der Waals surface area contributed by atoms with Crippen molar-refractivity contribution in [3.8, 4) is 0 Å². The second-order valence-electron chi connectivity index (χ2n) is 6.15. The van der Waals surface area contributed by atoms with Crippen molar-refractivity contribution in [2.45, 2.75) is 6.54 Å². The molecule has 0 atom stereocenters. The third-order valence-electron chi connectivity index (χ3n) is 3.95. The number of urea groups is 1. The van der Waals surface area contributed by atoms with Crippen molar-refractivity contribution in [3.63, 3.8) is 0 Å². The number of carbonyl (C=O) groups is 2. The zero-order chi connectivity index (χ0) is 20.6. The van der Waals surface area contributed by atoms with Gasteiger partial charge in [-0.3, -0.25) is 14.8 Å². The molecule has 0 aliphatic heterocycles. The molecular formula is C20H19Cl2N5O2. The Kier molecular flexibility index (Phi) is 7.10. The van der Waals surface area contributed by atoms with Gasteiger partial charge >= 0.3 is 6.03 Å². The average molecular weight is 432 g/mol. The summed E-state index contributed by atoms with van der Waals surface area (Å²) in [7, 11) is 0. The molecule has 0 bridgehead atoms. The first-order valence-corrected chi connectivity index (χ1v) is 9.62. The number of carbonyl (C=O) groups excluding carboxylic acids is 2. The van der Waals surface area contributed by atoms with Gasteiger partial charge in [0.15, 0.2) is 5.82 Å². The van der Waals surface area contributed by atoms with E-state index in [4.69, 9.17) is 23.2 Å². The van der Waals surface area contributed by atoms with E-state index in [9.17, 15) is 9.59 Å². The summed E-state index contributed by atoms with van der Waals surface area (Å²) in [6, 6.07) is 15.8. The molecule has 0 aliphatic rings. The molecule has 0 spiro atoms. The quantitative estimate of drug-likeness (QED) is 0.497. The smallest absolute Gasteiger partial charge is 0.320 e. The maximum absolute atomic E-state index is 12.0. The van der Waals surface area contributed by atoms with E-state index < -0.39 is 6.03 Å². The molecule has 3 aromatic rings. The molecule has 0 radical (unpaired) electrons. The summed E-state index contributed by atoms with van der Waals surface area (Å²) in [5, 5.41) is 13.0. The molecule has 1 heterocycles. The number of anilines is 1. The summed E-state index contributed by atoms with van der Waals surface area (Å²) in [6.07, 6.45) is 1.79. The first kappa shape index (κ1) is 20.7. The summed E-state index contributed by atoms with van der Waals surface area (Å²) in [4.78, 5) is 24.0. The third-order valence-corrected chi connectivity index (χ3v) is 4.69. The van der Waals surface area contributed by atoms with Gasteiger partial charge in [-0.1, -0.05) is 53.5 Å². The molecule has 0 saturated heterocycles. The predicted octanol–water partition coefficient (Wildman–Crippen LogP) is 3.79. The molecule has 3 N–H and O–H groups in total. The summed E-state index contributed by atoms with van der Waals surface area (Å²) >= 11 is 11.7. The van der Waals surface area contributed by atoms with Crippen molar-refractivity contribution >= 4 is 41.0 Å². The molecular weight excluding hydrogens is 413 g/mol. The van der Waals surface area contributed by atoms with Gasteiger partial charge in [-0.15, -0.1) is 0 Å². The van der Waals surface area contributed by atoms with Crippen LogP contribution in [0.25, 0.3) is 0 Å². The second-order valence-corrected chi connectivity index (χ2v) is 6.96. The first-order chi connectivity index (χ1) is 14.0. The van der Waals surface area contributed by atoms with Crippen LogP contribution in [0.3, 0.4) is 0 Å². The summed E-state index contributed by atoms with van der Waals surface area (Å²) < 4.78 is 1.74. The molecule has 150 valence electrons. The van der Waals surface area contributed by atoms with Crippen molar-refractivity contribution in [1.82, 2.24) is 20.4 Å². The van der Waals surface area contributed by atoms with Gasteiger partial charge in [-0.2, -0.15) is 5.10 Å². The van der Waals surface area contributed by atoms with Crippen LogP contribution in [0.5, 0.6) is 0 Å². The zero-order valence-corrected chi connectivity index (χ0v) is 16.9. The minimum Gasteiger partial charge on any atom is -0.350 e. The lowest BCUT2D eigenvalue weighted by Gasteiger charge is -2.08. The molecule has 29 heavy (non-hydrogen) atoms. The van der Waals surface area contributed by atoms with Crippen LogP contribution in [0.4, 0.5) is 10.6 Å². The fraction of sp³-hybridized carbons (Fsp3) is 0.150. The zero-order valence-electron chi connectivity index (χ0n) is 15.4. The molecule has 3 rings (SSSR count). The number of hydrogen-bond acceptors (Lipinski definition) is 3. The van der Waals surface area contributed by atoms with Crippen molar-refractivity contribution in [1.29, 1.82) is 0 Å². The summed E-state index contributed by atoms with van der Waals surface area (Å²) in [6.45, 7) is 1.13. The SMILES string of the molecule is O=C(NCCNC(=O)c1ccc(Cl)c(Cl)c1)Nc1ccn(Cc2ccccc2)n1. The summed E-state index contributed by atoms with van der Waals surface area (Å²) in [5.74, 6) is 0.142. The van der Waals surface area contributed by atoms with Gasteiger partial charge in [0, 0.05) is 30.9 Å². The van der Waals surface area contributed by atoms with E-state index >= 15 is 0 Å². The Hall–Kier alpha value is -3.03. The van der Waals surface area contributed by atoms with Crippen LogP contribution >= 0.6 is 23.2 Å². The molecule has 0 aliphatic carbocycles. The number of benzene rings is 2. The normalized spacial score (nSPS) is 10.4.